The van der Waals surface area contributed by atoms with Crippen molar-refractivity contribution in [2.24, 2.45) is 0 Å². The number of piperazine rings is 1. The molecular weight excluding hydrogens is 538 g/mol. The summed E-state index contributed by atoms with van der Waals surface area (Å²) in [7, 11) is 2.08. The Kier molecular flexibility index (Phi) is 8.11. The minimum atomic E-state index is -0.516. The number of anilines is 3. The lowest BCUT2D eigenvalue weighted by Gasteiger charge is -2.36. The van der Waals surface area contributed by atoms with Gasteiger partial charge in [-0.15, -0.1) is 22.7 Å². The van der Waals surface area contributed by atoms with Gasteiger partial charge < -0.3 is 21.3 Å². The smallest absolute Gasteiger partial charge is 0.265 e. The first-order chi connectivity index (χ1) is 18.4. The highest BCUT2D eigenvalue weighted by Gasteiger charge is 2.31. The molecule has 1 aliphatic rings. The first-order valence-corrected chi connectivity index (χ1v) is 14.3. The van der Waals surface area contributed by atoms with E-state index in [-0.39, 0.29) is 11.8 Å². The summed E-state index contributed by atoms with van der Waals surface area (Å²) in [6.07, 6.45) is 0. The van der Waals surface area contributed by atoms with Gasteiger partial charge >= 0.3 is 0 Å². The Morgan fingerprint density at radius 3 is 2.45 bits per heavy atom. The van der Waals surface area contributed by atoms with Gasteiger partial charge in [-0.3, -0.25) is 14.5 Å². The number of rotatable bonds is 7. The third kappa shape index (κ3) is 6.09. The number of likely N-dealkylation sites (N-methyl/N-ethyl adjacent to an activating group) is 1. The van der Waals surface area contributed by atoms with Crippen LogP contribution in [0.4, 0.5) is 17.1 Å². The zero-order valence-electron chi connectivity index (χ0n) is 20.8. The van der Waals surface area contributed by atoms with Gasteiger partial charge in [0, 0.05) is 46.6 Å². The van der Waals surface area contributed by atoms with Crippen molar-refractivity contribution in [2.45, 2.75) is 6.04 Å². The number of hydrogen-bond acceptors (Lipinski definition) is 7. The van der Waals surface area contributed by atoms with Crippen molar-refractivity contribution in [1.29, 1.82) is 0 Å². The molecule has 1 atom stereocenters. The number of nitrogens with one attached hydrogen (secondary N) is 2. The number of amides is 2. The molecule has 0 aliphatic carbocycles. The van der Waals surface area contributed by atoms with E-state index in [1.165, 1.54) is 11.3 Å². The fourth-order valence-electron chi connectivity index (χ4n) is 4.37. The summed E-state index contributed by atoms with van der Waals surface area (Å²) in [6, 6.07) is 19.8. The second kappa shape index (κ2) is 11.7. The predicted molar refractivity (Wildman–Crippen MR) is 158 cm³/mol. The Morgan fingerprint density at radius 1 is 0.974 bits per heavy atom. The van der Waals surface area contributed by atoms with Gasteiger partial charge in [0.05, 0.1) is 16.3 Å². The molecule has 0 radical (unpaired) electrons. The molecule has 7 nitrogen and oxygen atoms in total. The molecule has 0 bridgehead atoms. The van der Waals surface area contributed by atoms with Crippen LogP contribution in [0.15, 0.2) is 72.1 Å². The second-order valence-corrected chi connectivity index (χ2v) is 11.7. The van der Waals surface area contributed by atoms with Gasteiger partial charge in [-0.25, -0.2) is 0 Å². The zero-order chi connectivity index (χ0) is 26.6. The number of nitrogens with two attached hydrogens (primary N) is 1. The second-order valence-electron chi connectivity index (χ2n) is 9.17. The molecule has 2 aromatic carbocycles. The molecule has 0 spiro atoms. The van der Waals surface area contributed by atoms with Gasteiger partial charge in [-0.1, -0.05) is 23.7 Å². The average molecular weight is 566 g/mol. The van der Waals surface area contributed by atoms with Crippen LogP contribution in [0.5, 0.6) is 0 Å². The Balaban J connectivity index is 1.36. The molecule has 1 saturated heterocycles. The molecule has 10 heteroatoms. The molecule has 5 rings (SSSR count). The van der Waals surface area contributed by atoms with Gasteiger partial charge in [0.25, 0.3) is 5.91 Å². The highest BCUT2D eigenvalue weighted by atomic mass is 35.5. The van der Waals surface area contributed by atoms with Crippen molar-refractivity contribution in [3.63, 3.8) is 0 Å². The molecule has 1 fully saturated rings. The minimum Gasteiger partial charge on any atom is -0.397 e. The predicted octanol–water partition coefficient (Wildman–Crippen LogP) is 5.89. The standard InChI is InChI=1S/C28H28ClN5O2S2/c1-33-12-14-34(15-13-33)26(28(36)31-20-7-5-19(29)6-8-20)24-10-11-25(38-24)27(35)32-22-17-18(4-9-21(22)30)23-3-2-16-37-23/h2-11,16-17,26H,12-15,30H2,1H3,(H,31,36)(H,32,35). The van der Waals surface area contributed by atoms with Crippen LogP contribution in [0.2, 0.25) is 5.02 Å². The zero-order valence-corrected chi connectivity index (χ0v) is 23.2. The summed E-state index contributed by atoms with van der Waals surface area (Å²) in [5, 5.41) is 8.59. The largest absolute Gasteiger partial charge is 0.397 e. The summed E-state index contributed by atoms with van der Waals surface area (Å²) in [5.41, 5.74) is 8.90. The lowest BCUT2D eigenvalue weighted by atomic mass is 10.1. The summed E-state index contributed by atoms with van der Waals surface area (Å²) in [6.45, 7) is 3.23. The highest BCUT2D eigenvalue weighted by molar-refractivity contribution is 7.14. The topological polar surface area (TPSA) is 90.7 Å². The number of carbonyl (C=O) groups is 2. The maximum Gasteiger partial charge on any atom is 0.265 e. The van der Waals surface area contributed by atoms with Crippen LogP contribution in [0.3, 0.4) is 0 Å². The maximum absolute atomic E-state index is 13.5. The lowest BCUT2D eigenvalue weighted by molar-refractivity contribution is -0.122. The monoisotopic (exact) mass is 565 g/mol. The lowest BCUT2D eigenvalue weighted by Crippen LogP contribution is -2.48. The van der Waals surface area contributed by atoms with Gasteiger partial charge in [0.1, 0.15) is 6.04 Å². The van der Waals surface area contributed by atoms with Crippen molar-refractivity contribution in [3.05, 3.63) is 86.9 Å². The van der Waals surface area contributed by atoms with Gasteiger partial charge in [0.2, 0.25) is 5.91 Å². The van der Waals surface area contributed by atoms with Crippen molar-refractivity contribution in [1.82, 2.24) is 9.80 Å². The summed E-state index contributed by atoms with van der Waals surface area (Å²) in [5.74, 6) is -0.398. The first kappa shape index (κ1) is 26.4. The summed E-state index contributed by atoms with van der Waals surface area (Å²) in [4.78, 5) is 33.6. The molecule has 2 amide bonds. The van der Waals surface area contributed by atoms with E-state index in [0.29, 0.717) is 27.0 Å². The number of halogens is 1. The van der Waals surface area contributed by atoms with Crippen LogP contribution >= 0.6 is 34.3 Å². The van der Waals surface area contributed by atoms with Crippen molar-refractivity contribution in [3.8, 4) is 10.4 Å². The van der Waals surface area contributed by atoms with Crippen molar-refractivity contribution >= 4 is 63.2 Å². The molecular formula is C28H28ClN5O2S2. The van der Waals surface area contributed by atoms with Gasteiger partial charge in [0.15, 0.2) is 0 Å². The minimum absolute atomic E-state index is 0.140. The summed E-state index contributed by atoms with van der Waals surface area (Å²) >= 11 is 8.96. The van der Waals surface area contributed by atoms with E-state index < -0.39 is 6.04 Å². The van der Waals surface area contributed by atoms with Gasteiger partial charge in [-0.2, -0.15) is 0 Å². The molecule has 1 unspecified atom stereocenters. The maximum atomic E-state index is 13.5. The fraction of sp³-hybridized carbons (Fsp3) is 0.214. The van der Waals surface area contributed by atoms with E-state index in [4.69, 9.17) is 17.3 Å². The van der Waals surface area contributed by atoms with Crippen LogP contribution in [0, 0.1) is 0 Å². The first-order valence-electron chi connectivity index (χ1n) is 12.2. The molecule has 2 aromatic heterocycles. The quantitative estimate of drug-likeness (QED) is 0.243. The van der Waals surface area contributed by atoms with E-state index >= 15 is 0 Å². The van der Waals surface area contributed by atoms with E-state index in [1.54, 1.807) is 47.7 Å². The normalized spacial score (nSPS) is 15.2. The van der Waals surface area contributed by atoms with Crippen LogP contribution in [-0.2, 0) is 4.79 Å². The number of nitrogens with zero attached hydrogens (tertiary/aromatic N) is 2. The number of carbonyl (C=O) groups excluding carboxylic acids is 2. The number of hydrogen-bond donors (Lipinski definition) is 3. The fourth-order valence-corrected chi connectivity index (χ4v) is 6.25. The molecule has 0 saturated carbocycles. The van der Waals surface area contributed by atoms with E-state index in [9.17, 15) is 9.59 Å². The average Bonchev–Trinajstić information content (AvgIpc) is 3.61. The van der Waals surface area contributed by atoms with Crippen LogP contribution in [0.1, 0.15) is 20.6 Å². The van der Waals surface area contributed by atoms with Crippen LogP contribution in [-0.4, -0.2) is 54.8 Å². The number of benzene rings is 2. The SMILES string of the molecule is CN1CCN(C(C(=O)Nc2ccc(Cl)cc2)c2ccc(C(=O)Nc3cc(-c4cccs4)ccc3N)s2)CC1. The Morgan fingerprint density at radius 2 is 1.74 bits per heavy atom. The van der Waals surface area contributed by atoms with Crippen LogP contribution in [0.25, 0.3) is 10.4 Å². The summed E-state index contributed by atoms with van der Waals surface area (Å²) < 4.78 is 0. The van der Waals surface area contributed by atoms with Crippen molar-refractivity contribution in [2.75, 3.05) is 49.6 Å². The third-order valence-electron chi connectivity index (χ3n) is 6.49. The number of nitrogen functional groups attached to an aromatic ring is 1. The van der Waals surface area contributed by atoms with E-state index in [2.05, 4.69) is 27.5 Å². The molecule has 3 heterocycles. The van der Waals surface area contributed by atoms with E-state index in [1.807, 2.05) is 35.7 Å². The molecule has 4 N–H and O–H groups in total. The Labute approximate surface area is 234 Å². The highest BCUT2D eigenvalue weighted by Crippen LogP contribution is 2.33. The van der Waals surface area contributed by atoms with E-state index in [0.717, 1.165) is 41.5 Å². The molecule has 196 valence electrons. The Bertz CT molecular complexity index is 1410. The number of thiophene rings is 2. The van der Waals surface area contributed by atoms with Crippen molar-refractivity contribution < 1.29 is 9.59 Å². The Hall–Kier alpha value is -3.21. The molecule has 38 heavy (non-hydrogen) atoms. The third-order valence-corrected chi connectivity index (χ3v) is 8.80. The molecule has 1 aliphatic heterocycles. The molecule has 4 aromatic rings. The van der Waals surface area contributed by atoms with Gasteiger partial charge in [-0.05, 0) is 72.6 Å². The van der Waals surface area contributed by atoms with Crippen LogP contribution < -0.4 is 16.4 Å².